The number of anilines is 1. The van der Waals surface area contributed by atoms with E-state index in [4.69, 9.17) is 10.5 Å². The van der Waals surface area contributed by atoms with Crippen molar-refractivity contribution in [3.05, 3.63) is 22.8 Å². The third kappa shape index (κ3) is 5.71. The van der Waals surface area contributed by atoms with E-state index in [0.717, 1.165) is 29.9 Å². The lowest BCUT2D eigenvalue weighted by Crippen LogP contribution is -2.11. The summed E-state index contributed by atoms with van der Waals surface area (Å²) in [4.78, 5) is 4.19. The number of halogens is 1. The smallest absolute Gasteiger partial charge is 0.125 e. The van der Waals surface area contributed by atoms with Crippen LogP contribution >= 0.6 is 15.9 Å². The minimum Gasteiger partial charge on any atom is -0.380 e. The Kier molecular flexibility index (Phi) is 6.31. The van der Waals surface area contributed by atoms with Crippen molar-refractivity contribution in [3.8, 4) is 0 Å². The van der Waals surface area contributed by atoms with Crippen LogP contribution in [0.5, 0.6) is 0 Å². The van der Waals surface area contributed by atoms with Gasteiger partial charge in [0.25, 0.3) is 0 Å². The zero-order chi connectivity index (χ0) is 10.9. The van der Waals surface area contributed by atoms with Gasteiger partial charge in [-0.2, -0.15) is 0 Å². The second kappa shape index (κ2) is 7.62. The molecular formula is C10H16BrN3O. The molecule has 0 aliphatic heterocycles. The van der Waals surface area contributed by atoms with Crippen LogP contribution in [-0.2, 0) is 4.74 Å². The molecule has 0 fully saturated rings. The molecule has 15 heavy (non-hydrogen) atoms. The second-order valence-corrected chi connectivity index (χ2v) is 3.96. The summed E-state index contributed by atoms with van der Waals surface area (Å²) in [6.45, 7) is 2.82. The standard InChI is InChI=1S/C10H16BrN3O/c11-9-2-3-10(14-8-9)13-5-1-6-15-7-4-12/h2-3,8H,1,4-7,12H2,(H,13,14). The van der Waals surface area contributed by atoms with E-state index in [9.17, 15) is 0 Å². The zero-order valence-electron chi connectivity index (χ0n) is 8.58. The minimum absolute atomic E-state index is 0.585. The molecule has 0 aliphatic carbocycles. The van der Waals surface area contributed by atoms with Gasteiger partial charge < -0.3 is 15.8 Å². The molecule has 5 heteroatoms. The molecule has 0 aromatic carbocycles. The summed E-state index contributed by atoms with van der Waals surface area (Å²) in [6, 6.07) is 3.89. The van der Waals surface area contributed by atoms with Crippen molar-refractivity contribution in [1.29, 1.82) is 0 Å². The first-order valence-corrected chi connectivity index (χ1v) is 5.75. The first-order chi connectivity index (χ1) is 7.33. The first kappa shape index (κ1) is 12.4. The number of hydrogen-bond donors (Lipinski definition) is 2. The summed E-state index contributed by atoms with van der Waals surface area (Å²) in [7, 11) is 0. The first-order valence-electron chi connectivity index (χ1n) is 4.96. The Morgan fingerprint density at radius 1 is 1.40 bits per heavy atom. The summed E-state index contributed by atoms with van der Waals surface area (Å²) >= 11 is 3.33. The van der Waals surface area contributed by atoms with Crippen LogP contribution in [0.15, 0.2) is 22.8 Å². The van der Waals surface area contributed by atoms with Crippen molar-refractivity contribution in [2.75, 3.05) is 31.6 Å². The van der Waals surface area contributed by atoms with E-state index in [1.54, 1.807) is 6.20 Å². The zero-order valence-corrected chi connectivity index (χ0v) is 10.2. The van der Waals surface area contributed by atoms with E-state index < -0.39 is 0 Å². The van der Waals surface area contributed by atoms with E-state index in [-0.39, 0.29) is 0 Å². The highest BCUT2D eigenvalue weighted by molar-refractivity contribution is 9.10. The monoisotopic (exact) mass is 273 g/mol. The van der Waals surface area contributed by atoms with Crippen LogP contribution in [0, 0.1) is 0 Å². The fourth-order valence-corrected chi connectivity index (χ4v) is 1.29. The molecule has 0 amide bonds. The van der Waals surface area contributed by atoms with E-state index in [2.05, 4.69) is 26.2 Å². The molecule has 0 bridgehead atoms. The number of nitrogens with two attached hydrogens (primary N) is 1. The van der Waals surface area contributed by atoms with E-state index in [1.165, 1.54) is 0 Å². The van der Waals surface area contributed by atoms with Gasteiger partial charge in [0.2, 0.25) is 0 Å². The molecule has 4 nitrogen and oxygen atoms in total. The highest BCUT2D eigenvalue weighted by atomic mass is 79.9. The maximum absolute atomic E-state index is 5.29. The molecular weight excluding hydrogens is 258 g/mol. The summed E-state index contributed by atoms with van der Waals surface area (Å²) in [5.74, 6) is 0.886. The predicted molar refractivity (Wildman–Crippen MR) is 64.9 cm³/mol. The van der Waals surface area contributed by atoms with Crippen molar-refractivity contribution < 1.29 is 4.74 Å². The molecule has 0 unspecified atom stereocenters. The van der Waals surface area contributed by atoms with Gasteiger partial charge >= 0.3 is 0 Å². The molecule has 1 aromatic rings. The Hall–Kier alpha value is -0.650. The topological polar surface area (TPSA) is 60.2 Å². The molecule has 0 radical (unpaired) electrons. The van der Waals surface area contributed by atoms with Crippen LogP contribution in [0.1, 0.15) is 6.42 Å². The summed E-state index contributed by atoms with van der Waals surface area (Å²) < 4.78 is 6.23. The highest BCUT2D eigenvalue weighted by Gasteiger charge is 1.93. The Morgan fingerprint density at radius 2 is 2.27 bits per heavy atom. The largest absolute Gasteiger partial charge is 0.380 e. The predicted octanol–water partition coefficient (Wildman–Crippen LogP) is 1.62. The maximum Gasteiger partial charge on any atom is 0.125 e. The van der Waals surface area contributed by atoms with Gasteiger partial charge in [-0.05, 0) is 34.5 Å². The fraction of sp³-hybridized carbons (Fsp3) is 0.500. The van der Waals surface area contributed by atoms with Gasteiger partial charge in [0, 0.05) is 30.4 Å². The van der Waals surface area contributed by atoms with Gasteiger partial charge in [-0.3, -0.25) is 0 Å². The number of hydrogen-bond acceptors (Lipinski definition) is 4. The van der Waals surface area contributed by atoms with Crippen LogP contribution in [0.3, 0.4) is 0 Å². The maximum atomic E-state index is 5.29. The molecule has 0 saturated carbocycles. The summed E-state index contributed by atoms with van der Waals surface area (Å²) in [5, 5.41) is 3.21. The van der Waals surface area contributed by atoms with Crippen molar-refractivity contribution >= 4 is 21.7 Å². The highest BCUT2D eigenvalue weighted by Crippen LogP contribution is 2.10. The Morgan fingerprint density at radius 3 is 2.93 bits per heavy atom. The number of aromatic nitrogens is 1. The van der Waals surface area contributed by atoms with Gasteiger partial charge in [-0.25, -0.2) is 4.98 Å². The number of pyridine rings is 1. The van der Waals surface area contributed by atoms with Gasteiger partial charge in [0.15, 0.2) is 0 Å². The number of nitrogens with zero attached hydrogens (tertiary/aromatic N) is 1. The normalized spacial score (nSPS) is 10.3. The van der Waals surface area contributed by atoms with Crippen molar-refractivity contribution in [2.45, 2.75) is 6.42 Å². The molecule has 0 spiro atoms. The fourth-order valence-electron chi connectivity index (χ4n) is 1.06. The molecule has 84 valence electrons. The van der Waals surface area contributed by atoms with Crippen LogP contribution < -0.4 is 11.1 Å². The molecule has 3 N–H and O–H groups in total. The number of rotatable bonds is 7. The molecule has 0 aliphatic rings. The van der Waals surface area contributed by atoms with Crippen molar-refractivity contribution in [1.82, 2.24) is 4.98 Å². The van der Waals surface area contributed by atoms with Gasteiger partial charge in [0.1, 0.15) is 5.82 Å². The molecule has 1 heterocycles. The van der Waals surface area contributed by atoms with Gasteiger partial charge in [0.05, 0.1) is 6.61 Å². The quantitative estimate of drug-likeness (QED) is 0.742. The summed E-state index contributed by atoms with van der Waals surface area (Å²) in [6.07, 6.45) is 2.73. The third-order valence-corrected chi connectivity index (χ3v) is 2.23. The van der Waals surface area contributed by atoms with Crippen molar-refractivity contribution in [3.63, 3.8) is 0 Å². The van der Waals surface area contributed by atoms with Gasteiger partial charge in [-0.1, -0.05) is 0 Å². The van der Waals surface area contributed by atoms with Crippen LogP contribution in [-0.4, -0.2) is 31.3 Å². The van der Waals surface area contributed by atoms with Gasteiger partial charge in [-0.15, -0.1) is 0 Å². The van der Waals surface area contributed by atoms with E-state index >= 15 is 0 Å². The van der Waals surface area contributed by atoms with E-state index in [1.807, 2.05) is 12.1 Å². The average Bonchev–Trinajstić information content (AvgIpc) is 2.26. The Balaban J connectivity index is 2.07. The molecule has 0 saturated heterocycles. The minimum atomic E-state index is 0.585. The second-order valence-electron chi connectivity index (χ2n) is 3.04. The average molecular weight is 274 g/mol. The van der Waals surface area contributed by atoms with Crippen LogP contribution in [0.2, 0.25) is 0 Å². The van der Waals surface area contributed by atoms with Crippen LogP contribution in [0.25, 0.3) is 0 Å². The third-order valence-electron chi connectivity index (χ3n) is 1.76. The van der Waals surface area contributed by atoms with E-state index in [0.29, 0.717) is 13.2 Å². The summed E-state index contributed by atoms with van der Waals surface area (Å²) in [5.41, 5.74) is 5.29. The lowest BCUT2D eigenvalue weighted by molar-refractivity contribution is 0.141. The Bertz CT molecular complexity index is 266. The number of nitrogens with one attached hydrogen (secondary N) is 1. The lowest BCUT2D eigenvalue weighted by Gasteiger charge is -2.05. The van der Waals surface area contributed by atoms with Crippen LogP contribution in [0.4, 0.5) is 5.82 Å². The van der Waals surface area contributed by atoms with Crippen molar-refractivity contribution in [2.24, 2.45) is 5.73 Å². The molecule has 1 rings (SSSR count). The molecule has 1 aromatic heterocycles. The SMILES string of the molecule is NCCOCCCNc1ccc(Br)cn1. The Labute approximate surface area is 98.3 Å². The lowest BCUT2D eigenvalue weighted by atomic mass is 10.4. The number of ether oxygens (including phenoxy) is 1. The molecule has 0 atom stereocenters.